The molecule has 2 rings (SSSR count). The highest BCUT2D eigenvalue weighted by Crippen LogP contribution is 2.27. The summed E-state index contributed by atoms with van der Waals surface area (Å²) in [5, 5.41) is 0. The number of ether oxygens (including phenoxy) is 1. The van der Waals surface area contributed by atoms with Gasteiger partial charge < -0.3 is 10.5 Å². The average Bonchev–Trinajstić information content (AvgIpc) is 2.47. The fourth-order valence-corrected chi connectivity index (χ4v) is 2.67. The van der Waals surface area contributed by atoms with Crippen molar-refractivity contribution in [3.63, 3.8) is 0 Å². The highest BCUT2D eigenvalue weighted by molar-refractivity contribution is 5.28. The second-order valence-corrected chi connectivity index (χ2v) is 5.16. The zero-order chi connectivity index (χ0) is 13.0. The van der Waals surface area contributed by atoms with E-state index in [-0.39, 0.29) is 0 Å². The van der Waals surface area contributed by atoms with Crippen molar-refractivity contribution in [2.24, 2.45) is 11.7 Å². The van der Waals surface area contributed by atoms with Crippen LogP contribution in [0.3, 0.4) is 0 Å². The topological polar surface area (TPSA) is 38.5 Å². The highest BCUT2D eigenvalue weighted by atomic mass is 16.5. The van der Waals surface area contributed by atoms with Gasteiger partial charge in [-0.3, -0.25) is 4.90 Å². The van der Waals surface area contributed by atoms with E-state index < -0.39 is 0 Å². The Bertz CT molecular complexity index is 355. The molecule has 0 aliphatic carbocycles. The lowest BCUT2D eigenvalue weighted by Crippen LogP contribution is -2.37. The first-order valence-electron chi connectivity index (χ1n) is 6.82. The van der Waals surface area contributed by atoms with Crippen molar-refractivity contribution in [1.29, 1.82) is 0 Å². The Morgan fingerprint density at radius 2 is 1.89 bits per heavy atom. The third kappa shape index (κ3) is 3.03. The summed E-state index contributed by atoms with van der Waals surface area (Å²) >= 11 is 0. The Labute approximate surface area is 110 Å². The molecule has 1 aromatic carbocycles. The number of hydrogen-bond acceptors (Lipinski definition) is 3. The maximum atomic E-state index is 5.74. The number of likely N-dealkylation sites (tertiary alicyclic amines) is 1. The van der Waals surface area contributed by atoms with E-state index in [0.29, 0.717) is 6.04 Å². The number of methoxy groups -OCH3 is 1. The van der Waals surface area contributed by atoms with Gasteiger partial charge in [0.2, 0.25) is 0 Å². The number of benzene rings is 1. The average molecular weight is 248 g/mol. The summed E-state index contributed by atoms with van der Waals surface area (Å²) in [7, 11) is 1.70. The van der Waals surface area contributed by atoms with Crippen LogP contribution < -0.4 is 10.5 Å². The van der Waals surface area contributed by atoms with E-state index in [1.165, 1.54) is 18.4 Å². The van der Waals surface area contributed by atoms with Crippen LogP contribution in [0, 0.1) is 5.92 Å². The fraction of sp³-hybridized carbons (Fsp3) is 0.600. The highest BCUT2D eigenvalue weighted by Gasteiger charge is 2.22. The normalized spacial score (nSPS) is 19.7. The number of nitrogens with two attached hydrogens (primary N) is 1. The van der Waals surface area contributed by atoms with Crippen LogP contribution in [0.15, 0.2) is 24.3 Å². The predicted molar refractivity (Wildman–Crippen MR) is 74.8 cm³/mol. The van der Waals surface area contributed by atoms with Crippen molar-refractivity contribution < 1.29 is 4.74 Å². The van der Waals surface area contributed by atoms with E-state index in [0.717, 1.165) is 31.3 Å². The van der Waals surface area contributed by atoms with Crippen LogP contribution in [0.25, 0.3) is 0 Å². The first-order chi connectivity index (χ1) is 8.74. The van der Waals surface area contributed by atoms with Crippen LogP contribution in [0.5, 0.6) is 5.75 Å². The lowest BCUT2D eigenvalue weighted by molar-refractivity contribution is 0.143. The summed E-state index contributed by atoms with van der Waals surface area (Å²) in [6.45, 7) is 5.44. The predicted octanol–water partition coefficient (Wildman–Crippen LogP) is 2.43. The molecule has 1 saturated heterocycles. The maximum absolute atomic E-state index is 5.74. The molecule has 0 bridgehead atoms. The molecule has 0 amide bonds. The van der Waals surface area contributed by atoms with E-state index in [2.05, 4.69) is 24.0 Å². The first kappa shape index (κ1) is 13.4. The molecule has 100 valence electrons. The zero-order valence-electron chi connectivity index (χ0n) is 11.4. The molecule has 1 unspecified atom stereocenters. The second kappa shape index (κ2) is 6.21. The molecule has 1 aliphatic heterocycles. The SMILES string of the molecule is COc1ccc(C(C)N2CCC(CN)CC2)cc1. The molecule has 1 heterocycles. The van der Waals surface area contributed by atoms with Crippen LogP contribution in [-0.4, -0.2) is 31.6 Å². The van der Waals surface area contributed by atoms with Crippen LogP contribution in [0.1, 0.15) is 31.4 Å². The van der Waals surface area contributed by atoms with Crippen LogP contribution >= 0.6 is 0 Å². The van der Waals surface area contributed by atoms with Crippen molar-refractivity contribution in [1.82, 2.24) is 4.90 Å². The minimum Gasteiger partial charge on any atom is -0.497 e. The second-order valence-electron chi connectivity index (χ2n) is 5.16. The Morgan fingerprint density at radius 1 is 1.28 bits per heavy atom. The van der Waals surface area contributed by atoms with Crippen molar-refractivity contribution in [3.8, 4) is 5.75 Å². The van der Waals surface area contributed by atoms with Crippen molar-refractivity contribution in [2.75, 3.05) is 26.7 Å². The van der Waals surface area contributed by atoms with Gasteiger partial charge in [-0.1, -0.05) is 12.1 Å². The fourth-order valence-electron chi connectivity index (χ4n) is 2.67. The molecule has 1 atom stereocenters. The van der Waals surface area contributed by atoms with Gasteiger partial charge in [0.05, 0.1) is 7.11 Å². The Balaban J connectivity index is 1.96. The molecule has 1 aromatic rings. The molecule has 0 radical (unpaired) electrons. The lowest BCUT2D eigenvalue weighted by atomic mass is 9.95. The number of rotatable bonds is 4. The lowest BCUT2D eigenvalue weighted by Gasteiger charge is -2.36. The van der Waals surface area contributed by atoms with Gasteiger partial charge in [0.15, 0.2) is 0 Å². The molecule has 18 heavy (non-hydrogen) atoms. The van der Waals surface area contributed by atoms with Gasteiger partial charge in [0, 0.05) is 6.04 Å². The van der Waals surface area contributed by atoms with E-state index >= 15 is 0 Å². The van der Waals surface area contributed by atoms with Crippen LogP contribution in [0.2, 0.25) is 0 Å². The van der Waals surface area contributed by atoms with Gasteiger partial charge in [-0.05, 0) is 63.0 Å². The minimum atomic E-state index is 0.481. The molecular formula is C15H24N2O. The number of nitrogens with zero attached hydrogens (tertiary/aromatic N) is 1. The third-order valence-corrected chi connectivity index (χ3v) is 4.13. The molecule has 3 heteroatoms. The molecule has 0 aromatic heterocycles. The van der Waals surface area contributed by atoms with E-state index in [1.54, 1.807) is 7.11 Å². The van der Waals surface area contributed by atoms with E-state index in [4.69, 9.17) is 10.5 Å². The standard InChI is InChI=1S/C15H24N2O/c1-12(14-3-5-15(18-2)6-4-14)17-9-7-13(11-16)8-10-17/h3-6,12-13H,7-11,16H2,1-2H3. The van der Waals surface area contributed by atoms with Crippen LogP contribution in [0.4, 0.5) is 0 Å². The maximum Gasteiger partial charge on any atom is 0.118 e. The van der Waals surface area contributed by atoms with Gasteiger partial charge in [-0.15, -0.1) is 0 Å². The third-order valence-electron chi connectivity index (χ3n) is 4.13. The summed E-state index contributed by atoms with van der Waals surface area (Å²) in [4.78, 5) is 2.55. The van der Waals surface area contributed by atoms with Gasteiger partial charge >= 0.3 is 0 Å². The Kier molecular flexibility index (Phi) is 4.61. The largest absolute Gasteiger partial charge is 0.497 e. The smallest absolute Gasteiger partial charge is 0.118 e. The monoisotopic (exact) mass is 248 g/mol. The zero-order valence-corrected chi connectivity index (χ0v) is 11.4. The molecule has 1 aliphatic rings. The quantitative estimate of drug-likeness (QED) is 0.889. The number of hydrogen-bond donors (Lipinski definition) is 1. The van der Waals surface area contributed by atoms with E-state index in [1.807, 2.05) is 12.1 Å². The first-order valence-corrected chi connectivity index (χ1v) is 6.82. The Morgan fingerprint density at radius 3 is 2.39 bits per heavy atom. The van der Waals surface area contributed by atoms with Crippen LogP contribution in [-0.2, 0) is 0 Å². The van der Waals surface area contributed by atoms with Crippen molar-refractivity contribution in [2.45, 2.75) is 25.8 Å². The molecule has 2 N–H and O–H groups in total. The van der Waals surface area contributed by atoms with Gasteiger partial charge in [-0.2, -0.15) is 0 Å². The molecular weight excluding hydrogens is 224 g/mol. The van der Waals surface area contributed by atoms with Crippen molar-refractivity contribution in [3.05, 3.63) is 29.8 Å². The molecule has 3 nitrogen and oxygen atoms in total. The summed E-state index contributed by atoms with van der Waals surface area (Å²) in [6, 6.07) is 8.89. The summed E-state index contributed by atoms with van der Waals surface area (Å²) in [5.74, 6) is 1.65. The van der Waals surface area contributed by atoms with Gasteiger partial charge in [0.25, 0.3) is 0 Å². The van der Waals surface area contributed by atoms with Gasteiger partial charge in [0.1, 0.15) is 5.75 Å². The minimum absolute atomic E-state index is 0.481. The van der Waals surface area contributed by atoms with Gasteiger partial charge in [-0.25, -0.2) is 0 Å². The summed E-state index contributed by atoms with van der Waals surface area (Å²) < 4.78 is 5.20. The number of piperidine rings is 1. The molecule has 0 saturated carbocycles. The Hall–Kier alpha value is -1.06. The summed E-state index contributed by atoms with van der Waals surface area (Å²) in [6.07, 6.45) is 2.47. The van der Waals surface area contributed by atoms with E-state index in [9.17, 15) is 0 Å². The molecule has 0 spiro atoms. The molecule has 1 fully saturated rings. The summed E-state index contributed by atoms with van der Waals surface area (Å²) in [5.41, 5.74) is 7.10. The van der Waals surface area contributed by atoms with Crippen molar-refractivity contribution >= 4 is 0 Å².